The highest BCUT2D eigenvalue weighted by Crippen LogP contribution is 2.46. The van der Waals surface area contributed by atoms with E-state index in [9.17, 15) is 4.39 Å². The Morgan fingerprint density at radius 3 is 2.36 bits per heavy atom. The molecule has 0 unspecified atom stereocenters. The molecule has 0 atom stereocenters. The van der Waals surface area contributed by atoms with Gasteiger partial charge in [0.25, 0.3) is 0 Å². The topological polar surface area (TPSA) is 23.8 Å². The summed E-state index contributed by atoms with van der Waals surface area (Å²) in [7, 11) is 0. The fraction of sp³-hybridized carbons (Fsp3) is 0.364. The van der Waals surface area contributed by atoms with Gasteiger partial charge in [-0.15, -0.1) is 11.8 Å². The third-order valence-electron chi connectivity index (χ3n) is 2.49. The number of benzene rings is 1. The van der Waals surface area contributed by atoms with Gasteiger partial charge in [0.1, 0.15) is 10.6 Å². The van der Waals surface area contributed by atoms with E-state index in [1.165, 1.54) is 12.1 Å². The lowest BCUT2D eigenvalue weighted by molar-refractivity contribution is 0.440. The Bertz CT molecular complexity index is 362. The highest BCUT2D eigenvalue weighted by molar-refractivity contribution is 8.01. The maximum Gasteiger partial charge on any atom is 0.123 e. The minimum absolute atomic E-state index is 0.228. The third-order valence-corrected chi connectivity index (χ3v) is 3.89. The minimum Gasteiger partial charge on any atom is -0.207 e. The van der Waals surface area contributed by atoms with E-state index in [1.807, 2.05) is 0 Å². The second kappa shape index (κ2) is 3.62. The monoisotopic (exact) mass is 207 g/mol. The largest absolute Gasteiger partial charge is 0.207 e. The normalized spacial score (nSPS) is 18.3. The van der Waals surface area contributed by atoms with E-state index in [0.717, 1.165) is 24.2 Å². The van der Waals surface area contributed by atoms with E-state index >= 15 is 0 Å². The molecule has 1 aliphatic rings. The molecule has 3 heteroatoms. The molecule has 1 aliphatic carbocycles. The molecule has 0 bridgehead atoms. The Balaban J connectivity index is 2.11. The number of halogens is 1. The smallest absolute Gasteiger partial charge is 0.123 e. The van der Waals surface area contributed by atoms with Crippen LogP contribution in [0, 0.1) is 17.1 Å². The fourth-order valence-electron chi connectivity index (χ4n) is 1.46. The number of hydrogen-bond acceptors (Lipinski definition) is 2. The van der Waals surface area contributed by atoms with Crippen molar-refractivity contribution in [3.63, 3.8) is 0 Å². The van der Waals surface area contributed by atoms with Crippen LogP contribution in [-0.4, -0.2) is 4.75 Å². The van der Waals surface area contributed by atoms with E-state index in [-0.39, 0.29) is 10.6 Å². The molecule has 0 aliphatic heterocycles. The molecule has 2 rings (SSSR count). The van der Waals surface area contributed by atoms with Crippen LogP contribution in [0.25, 0.3) is 0 Å². The molecule has 72 valence electrons. The first-order chi connectivity index (χ1) is 6.74. The molecule has 1 aromatic carbocycles. The summed E-state index contributed by atoms with van der Waals surface area (Å²) in [6, 6.07) is 8.69. The zero-order valence-corrected chi connectivity index (χ0v) is 8.48. The van der Waals surface area contributed by atoms with Gasteiger partial charge in [-0.2, -0.15) is 5.26 Å². The molecule has 0 heterocycles. The van der Waals surface area contributed by atoms with E-state index in [4.69, 9.17) is 5.26 Å². The number of nitrogens with zero attached hydrogens (tertiary/aromatic N) is 1. The SMILES string of the molecule is N#CC1(Sc2ccc(F)cc2)CCC1. The minimum atomic E-state index is -0.238. The summed E-state index contributed by atoms with van der Waals surface area (Å²) in [4.78, 5) is 0.979. The van der Waals surface area contributed by atoms with Crippen LogP contribution >= 0.6 is 11.8 Å². The molecule has 0 N–H and O–H groups in total. The first kappa shape index (κ1) is 9.54. The molecule has 1 fully saturated rings. The number of nitriles is 1. The summed E-state index contributed by atoms with van der Waals surface area (Å²) in [5.41, 5.74) is 0. The summed E-state index contributed by atoms with van der Waals surface area (Å²) in [5.74, 6) is -0.228. The van der Waals surface area contributed by atoms with Gasteiger partial charge in [0.2, 0.25) is 0 Å². The van der Waals surface area contributed by atoms with Gasteiger partial charge in [-0.1, -0.05) is 0 Å². The summed E-state index contributed by atoms with van der Waals surface area (Å²) in [6.07, 6.45) is 3.03. The van der Waals surface area contributed by atoms with Crippen LogP contribution in [0.3, 0.4) is 0 Å². The lowest BCUT2D eigenvalue weighted by Gasteiger charge is -2.34. The fourth-order valence-corrected chi connectivity index (χ4v) is 2.72. The van der Waals surface area contributed by atoms with Crippen LogP contribution in [0.2, 0.25) is 0 Å². The van der Waals surface area contributed by atoms with Crippen molar-refractivity contribution in [2.75, 3.05) is 0 Å². The van der Waals surface area contributed by atoms with Gasteiger partial charge in [-0.25, -0.2) is 4.39 Å². The third kappa shape index (κ3) is 1.76. The quantitative estimate of drug-likeness (QED) is 0.742. The molecule has 0 saturated heterocycles. The highest BCUT2D eigenvalue weighted by atomic mass is 32.2. The number of hydrogen-bond donors (Lipinski definition) is 0. The second-order valence-corrected chi connectivity index (χ2v) is 4.97. The van der Waals surface area contributed by atoms with Crippen molar-refractivity contribution in [1.29, 1.82) is 5.26 Å². The van der Waals surface area contributed by atoms with E-state index in [2.05, 4.69) is 6.07 Å². The van der Waals surface area contributed by atoms with Crippen LogP contribution in [0.4, 0.5) is 4.39 Å². The first-order valence-corrected chi connectivity index (χ1v) is 5.42. The Kier molecular flexibility index (Phi) is 2.47. The summed E-state index contributed by atoms with van der Waals surface area (Å²) < 4.78 is 12.4. The standard InChI is InChI=1S/C11H10FNS/c12-9-2-4-10(5-3-9)14-11(8-13)6-1-7-11/h2-5H,1,6-7H2. The molecule has 0 spiro atoms. The van der Waals surface area contributed by atoms with Crippen LogP contribution < -0.4 is 0 Å². The van der Waals surface area contributed by atoms with Crippen molar-refractivity contribution in [1.82, 2.24) is 0 Å². The Morgan fingerprint density at radius 2 is 1.93 bits per heavy atom. The molecule has 0 amide bonds. The molecule has 1 saturated carbocycles. The molecular weight excluding hydrogens is 197 g/mol. The summed E-state index contributed by atoms with van der Waals surface area (Å²) in [5, 5.41) is 9.01. The van der Waals surface area contributed by atoms with E-state index in [0.29, 0.717) is 0 Å². The van der Waals surface area contributed by atoms with Crippen LogP contribution in [0.15, 0.2) is 29.2 Å². The predicted octanol–water partition coefficient (Wildman–Crippen LogP) is 3.36. The molecule has 0 aromatic heterocycles. The molecule has 1 nitrogen and oxygen atoms in total. The highest BCUT2D eigenvalue weighted by Gasteiger charge is 2.38. The van der Waals surface area contributed by atoms with Crippen LogP contribution in [0.1, 0.15) is 19.3 Å². The summed E-state index contributed by atoms with van der Waals surface area (Å²) in [6.45, 7) is 0. The maximum absolute atomic E-state index is 12.6. The molecular formula is C11H10FNS. The number of thioether (sulfide) groups is 1. The first-order valence-electron chi connectivity index (χ1n) is 4.60. The van der Waals surface area contributed by atoms with Crippen molar-refractivity contribution >= 4 is 11.8 Å². The average Bonchev–Trinajstić information content (AvgIpc) is 2.15. The molecule has 14 heavy (non-hydrogen) atoms. The molecule has 1 aromatic rings. The average molecular weight is 207 g/mol. The van der Waals surface area contributed by atoms with Crippen LogP contribution in [0.5, 0.6) is 0 Å². The Hall–Kier alpha value is -1.01. The Labute approximate surface area is 86.9 Å². The Morgan fingerprint density at radius 1 is 1.29 bits per heavy atom. The zero-order chi connectivity index (χ0) is 10.0. The van der Waals surface area contributed by atoms with E-state index < -0.39 is 0 Å². The van der Waals surface area contributed by atoms with Gasteiger partial charge in [-0.05, 0) is 43.5 Å². The second-order valence-electron chi connectivity index (χ2n) is 3.52. The van der Waals surface area contributed by atoms with Gasteiger partial charge >= 0.3 is 0 Å². The lowest BCUT2D eigenvalue weighted by atomic mass is 9.86. The maximum atomic E-state index is 12.6. The van der Waals surface area contributed by atoms with Crippen LogP contribution in [-0.2, 0) is 0 Å². The van der Waals surface area contributed by atoms with Crippen molar-refractivity contribution < 1.29 is 4.39 Å². The van der Waals surface area contributed by atoms with Gasteiger partial charge < -0.3 is 0 Å². The van der Waals surface area contributed by atoms with Crippen molar-refractivity contribution in [3.8, 4) is 6.07 Å². The van der Waals surface area contributed by atoms with Crippen molar-refractivity contribution in [2.24, 2.45) is 0 Å². The van der Waals surface area contributed by atoms with Crippen molar-refractivity contribution in [2.45, 2.75) is 28.9 Å². The van der Waals surface area contributed by atoms with Gasteiger partial charge in [0, 0.05) is 4.90 Å². The zero-order valence-electron chi connectivity index (χ0n) is 7.66. The van der Waals surface area contributed by atoms with Gasteiger partial charge in [0.15, 0.2) is 0 Å². The van der Waals surface area contributed by atoms with E-state index in [1.54, 1.807) is 23.9 Å². The summed E-state index contributed by atoms with van der Waals surface area (Å²) >= 11 is 1.56. The predicted molar refractivity (Wildman–Crippen MR) is 54.5 cm³/mol. The van der Waals surface area contributed by atoms with Gasteiger partial charge in [-0.3, -0.25) is 0 Å². The lowest BCUT2D eigenvalue weighted by Crippen LogP contribution is -2.30. The number of rotatable bonds is 2. The van der Waals surface area contributed by atoms with Crippen molar-refractivity contribution in [3.05, 3.63) is 30.1 Å². The van der Waals surface area contributed by atoms with Gasteiger partial charge in [0.05, 0.1) is 6.07 Å². The molecule has 0 radical (unpaired) electrons.